The normalized spacial score (nSPS) is 10.0. The van der Waals surface area contributed by atoms with Gasteiger partial charge in [0.15, 0.2) is 0 Å². The molecule has 0 rings (SSSR count). The summed E-state index contributed by atoms with van der Waals surface area (Å²) in [7, 11) is 0. The van der Waals surface area contributed by atoms with Crippen molar-refractivity contribution in [1.29, 1.82) is 0 Å². The second-order valence-corrected chi connectivity index (χ2v) is 2.15. The molecule has 0 aromatic heterocycles. The summed E-state index contributed by atoms with van der Waals surface area (Å²) in [5.74, 6) is 1.12. The highest BCUT2D eigenvalue weighted by molar-refractivity contribution is 7.97. The maximum Gasteiger partial charge on any atom is 0.0103 e. The average Bonchev–Trinajstić information content (AvgIpc) is 1.69. The van der Waals surface area contributed by atoms with Crippen LogP contribution < -0.4 is 4.72 Å². The molecule has 42 valence electrons. The molecule has 0 saturated heterocycles. The molecule has 1 nitrogen and oxygen atoms in total. The summed E-state index contributed by atoms with van der Waals surface area (Å²) < 4.78 is 3.02. The van der Waals surface area contributed by atoms with Gasteiger partial charge in [-0.05, 0) is 6.92 Å². The van der Waals surface area contributed by atoms with Gasteiger partial charge in [0.05, 0.1) is 0 Å². The lowest BCUT2D eigenvalue weighted by atomic mass is 10.7. The van der Waals surface area contributed by atoms with E-state index in [1.165, 1.54) is 0 Å². The standard InChI is InChI=1S/C5H11NS/c1-3-5-6-7-4-2/h3,5-6H,4H2,1-2H3. The summed E-state index contributed by atoms with van der Waals surface area (Å²) in [4.78, 5) is 0. The third-order valence-electron chi connectivity index (χ3n) is 0.462. The smallest absolute Gasteiger partial charge is 0.0103 e. The minimum absolute atomic E-state index is 1.12. The Bertz CT molecular complexity index is 52.0. The van der Waals surface area contributed by atoms with Gasteiger partial charge in [-0.25, -0.2) is 0 Å². The predicted molar refractivity (Wildman–Crippen MR) is 36.1 cm³/mol. The van der Waals surface area contributed by atoms with Gasteiger partial charge in [0, 0.05) is 12.0 Å². The molecule has 2 heteroatoms. The van der Waals surface area contributed by atoms with E-state index in [0.717, 1.165) is 5.75 Å². The van der Waals surface area contributed by atoms with Crippen molar-refractivity contribution in [1.82, 2.24) is 4.72 Å². The van der Waals surface area contributed by atoms with Gasteiger partial charge in [-0.2, -0.15) is 0 Å². The molecule has 0 aromatic rings. The fourth-order valence-electron chi connectivity index (χ4n) is 0.199. The number of allylic oxidation sites excluding steroid dienone is 1. The van der Waals surface area contributed by atoms with Gasteiger partial charge in [-0.3, -0.25) is 0 Å². The highest BCUT2D eigenvalue weighted by Gasteiger charge is 1.68. The fourth-order valence-corrected chi connectivity index (χ4v) is 0.598. The minimum Gasteiger partial charge on any atom is -0.337 e. The molecule has 0 bridgehead atoms. The summed E-state index contributed by atoms with van der Waals surface area (Å²) in [6, 6.07) is 0. The van der Waals surface area contributed by atoms with Crippen LogP contribution in [0.5, 0.6) is 0 Å². The fraction of sp³-hybridized carbons (Fsp3) is 0.600. The molecule has 0 aliphatic rings. The first-order valence-electron chi connectivity index (χ1n) is 2.40. The van der Waals surface area contributed by atoms with E-state index in [4.69, 9.17) is 0 Å². The molecule has 0 atom stereocenters. The molecule has 0 aromatic carbocycles. The molecule has 0 unspecified atom stereocenters. The Balaban J connectivity index is 2.69. The van der Waals surface area contributed by atoms with E-state index in [-0.39, 0.29) is 0 Å². The number of hydrogen-bond acceptors (Lipinski definition) is 2. The highest BCUT2D eigenvalue weighted by atomic mass is 32.2. The van der Waals surface area contributed by atoms with Crippen molar-refractivity contribution in [2.45, 2.75) is 13.8 Å². The van der Waals surface area contributed by atoms with Gasteiger partial charge in [0.1, 0.15) is 0 Å². The van der Waals surface area contributed by atoms with Crippen molar-refractivity contribution in [3.8, 4) is 0 Å². The third-order valence-corrected chi connectivity index (χ3v) is 1.05. The molecule has 0 amide bonds. The molecule has 0 heterocycles. The number of nitrogens with one attached hydrogen (secondary N) is 1. The molecule has 0 spiro atoms. The average molecular weight is 117 g/mol. The molecule has 0 aliphatic heterocycles. The van der Waals surface area contributed by atoms with Gasteiger partial charge < -0.3 is 4.72 Å². The van der Waals surface area contributed by atoms with Crippen LogP contribution in [0.4, 0.5) is 0 Å². The Morgan fingerprint density at radius 2 is 2.43 bits per heavy atom. The largest absolute Gasteiger partial charge is 0.337 e. The zero-order valence-electron chi connectivity index (χ0n) is 4.77. The van der Waals surface area contributed by atoms with Crippen molar-refractivity contribution in [3.63, 3.8) is 0 Å². The molecule has 0 fully saturated rings. The summed E-state index contributed by atoms with van der Waals surface area (Å²) >= 11 is 1.70. The van der Waals surface area contributed by atoms with E-state index < -0.39 is 0 Å². The van der Waals surface area contributed by atoms with Crippen LogP contribution in [0.3, 0.4) is 0 Å². The summed E-state index contributed by atoms with van der Waals surface area (Å²) in [6.45, 7) is 4.10. The van der Waals surface area contributed by atoms with Gasteiger partial charge in [-0.1, -0.05) is 24.9 Å². The Kier molecular flexibility index (Phi) is 5.80. The molecule has 0 saturated carbocycles. The van der Waals surface area contributed by atoms with Crippen LogP contribution in [0.1, 0.15) is 13.8 Å². The Labute approximate surface area is 49.3 Å². The van der Waals surface area contributed by atoms with Crippen molar-refractivity contribution < 1.29 is 0 Å². The Hall–Kier alpha value is -0.110. The van der Waals surface area contributed by atoms with Gasteiger partial charge in [-0.15, -0.1) is 0 Å². The summed E-state index contributed by atoms with van der Waals surface area (Å²) in [5, 5.41) is 0. The molecule has 0 aliphatic carbocycles. The second-order valence-electron chi connectivity index (χ2n) is 1.05. The van der Waals surface area contributed by atoms with Gasteiger partial charge >= 0.3 is 0 Å². The highest BCUT2D eigenvalue weighted by Crippen LogP contribution is 1.87. The first-order valence-corrected chi connectivity index (χ1v) is 3.38. The van der Waals surface area contributed by atoms with Crippen LogP contribution in [-0.4, -0.2) is 5.75 Å². The van der Waals surface area contributed by atoms with E-state index in [2.05, 4.69) is 11.6 Å². The lowest BCUT2D eigenvalue weighted by Crippen LogP contribution is -1.88. The summed E-state index contributed by atoms with van der Waals surface area (Å²) in [5.41, 5.74) is 0. The van der Waals surface area contributed by atoms with Crippen molar-refractivity contribution in [2.24, 2.45) is 0 Å². The zero-order chi connectivity index (χ0) is 5.54. The third kappa shape index (κ3) is 5.89. The topological polar surface area (TPSA) is 12.0 Å². The minimum atomic E-state index is 1.12. The van der Waals surface area contributed by atoms with E-state index in [9.17, 15) is 0 Å². The SMILES string of the molecule is CC=CNSCC. The van der Waals surface area contributed by atoms with Crippen molar-refractivity contribution >= 4 is 11.9 Å². The van der Waals surface area contributed by atoms with Crippen LogP contribution in [0, 0.1) is 0 Å². The van der Waals surface area contributed by atoms with Gasteiger partial charge in [0.25, 0.3) is 0 Å². The Morgan fingerprint density at radius 3 is 2.86 bits per heavy atom. The van der Waals surface area contributed by atoms with Crippen LogP contribution in [-0.2, 0) is 0 Å². The molecule has 0 radical (unpaired) electrons. The first-order chi connectivity index (χ1) is 3.41. The van der Waals surface area contributed by atoms with Crippen LogP contribution >= 0.6 is 11.9 Å². The molecular weight excluding hydrogens is 106 g/mol. The monoisotopic (exact) mass is 117 g/mol. The molecule has 7 heavy (non-hydrogen) atoms. The molecule has 1 N–H and O–H groups in total. The van der Waals surface area contributed by atoms with Crippen LogP contribution in [0.2, 0.25) is 0 Å². The lowest BCUT2D eigenvalue weighted by Gasteiger charge is -1.90. The Morgan fingerprint density at radius 1 is 1.71 bits per heavy atom. The molecular formula is C5H11NS. The predicted octanol–water partition coefficient (Wildman–Crippen LogP) is 1.78. The van der Waals surface area contributed by atoms with Crippen LogP contribution in [0.25, 0.3) is 0 Å². The van der Waals surface area contributed by atoms with E-state index in [0.29, 0.717) is 0 Å². The summed E-state index contributed by atoms with van der Waals surface area (Å²) in [6.07, 6.45) is 3.90. The second kappa shape index (κ2) is 5.89. The lowest BCUT2D eigenvalue weighted by molar-refractivity contribution is 1.37. The maximum absolute atomic E-state index is 3.02. The number of rotatable bonds is 3. The maximum atomic E-state index is 3.02. The van der Waals surface area contributed by atoms with E-state index in [1.807, 2.05) is 19.2 Å². The van der Waals surface area contributed by atoms with Crippen molar-refractivity contribution in [3.05, 3.63) is 12.3 Å². The van der Waals surface area contributed by atoms with Crippen molar-refractivity contribution in [2.75, 3.05) is 5.75 Å². The van der Waals surface area contributed by atoms with E-state index in [1.54, 1.807) is 11.9 Å². The quantitative estimate of drug-likeness (QED) is 0.446. The zero-order valence-corrected chi connectivity index (χ0v) is 5.59. The number of hydrogen-bond donors (Lipinski definition) is 1. The van der Waals surface area contributed by atoms with Gasteiger partial charge in [0.2, 0.25) is 0 Å². The van der Waals surface area contributed by atoms with E-state index >= 15 is 0 Å². The van der Waals surface area contributed by atoms with Crippen LogP contribution in [0.15, 0.2) is 12.3 Å². The first kappa shape index (κ1) is 6.89.